The molecule has 2 aromatic rings. The van der Waals surface area contributed by atoms with Gasteiger partial charge in [0.2, 0.25) is 0 Å². The van der Waals surface area contributed by atoms with Crippen LogP contribution in [0.2, 0.25) is 0 Å². The van der Waals surface area contributed by atoms with Gasteiger partial charge in [-0.1, -0.05) is 19.9 Å². The van der Waals surface area contributed by atoms with Crippen molar-refractivity contribution in [2.24, 2.45) is 11.3 Å². The van der Waals surface area contributed by atoms with Gasteiger partial charge in [0.05, 0.1) is 23.0 Å². The largest absolute Gasteiger partial charge is 0.497 e. The quantitative estimate of drug-likeness (QED) is 0.507. The van der Waals surface area contributed by atoms with Gasteiger partial charge in [-0.15, -0.1) is 0 Å². The van der Waals surface area contributed by atoms with E-state index in [1.165, 1.54) is 19.2 Å². The molecule has 2 fully saturated rings. The van der Waals surface area contributed by atoms with Crippen LogP contribution in [0.25, 0.3) is 0 Å². The number of carbonyl (C=O) groups is 1. The molecule has 3 atom stereocenters. The molecule has 9 nitrogen and oxygen atoms in total. The second-order valence-corrected chi connectivity index (χ2v) is 9.76. The highest BCUT2D eigenvalue weighted by Gasteiger charge is 2.69. The van der Waals surface area contributed by atoms with E-state index in [-0.39, 0.29) is 28.5 Å². The number of non-ortho nitro benzene ring substituents is 2. The van der Waals surface area contributed by atoms with Crippen LogP contribution in [0.15, 0.2) is 36.4 Å². The second-order valence-electron chi connectivity index (χ2n) is 9.76. The van der Waals surface area contributed by atoms with E-state index < -0.39 is 21.0 Å². The lowest BCUT2D eigenvalue weighted by Crippen LogP contribution is -2.48. The maximum atomic E-state index is 13.8. The van der Waals surface area contributed by atoms with Crippen LogP contribution >= 0.6 is 0 Å². The summed E-state index contributed by atoms with van der Waals surface area (Å²) in [6, 6.07) is 8.72. The maximum absolute atomic E-state index is 13.8. The third-order valence-corrected chi connectivity index (χ3v) is 7.17. The molecule has 0 aromatic heterocycles. The molecular weight excluding hydrogens is 416 g/mol. The zero-order valence-electron chi connectivity index (χ0n) is 17.9. The number of nitrogens with zero attached hydrogens (tertiary/aromatic N) is 2. The summed E-state index contributed by atoms with van der Waals surface area (Å²) in [4.78, 5) is 35.6. The standard InChI is InChI=1S/C23H22N2O7/c1-21(2)10-14-11-22(13-6-15(24(27)28)8-16(7-13)25(29)30)19-5-4-17(31-3)9-18(19)20(26)23(14,12-21)32-22/h4-9,14H,10-12H2,1-3H3/t14-,22-,23-/m1/s1. The fourth-order valence-electron chi connectivity index (χ4n) is 6.08. The normalized spacial score (nSPS) is 29.3. The van der Waals surface area contributed by atoms with Crippen molar-refractivity contribution in [2.45, 2.75) is 44.3 Å². The first-order valence-electron chi connectivity index (χ1n) is 10.4. The number of ketones is 1. The Bertz CT molecular complexity index is 1170. The Hall–Kier alpha value is -3.33. The van der Waals surface area contributed by atoms with Crippen LogP contribution in [-0.4, -0.2) is 28.3 Å². The van der Waals surface area contributed by atoms with Gasteiger partial charge in [0.1, 0.15) is 17.0 Å². The lowest BCUT2D eigenvalue weighted by Gasteiger charge is -2.41. The first-order chi connectivity index (χ1) is 15.0. The van der Waals surface area contributed by atoms with Crippen LogP contribution in [0.3, 0.4) is 0 Å². The summed E-state index contributed by atoms with van der Waals surface area (Å²) >= 11 is 0. The van der Waals surface area contributed by atoms with E-state index in [1.54, 1.807) is 18.2 Å². The van der Waals surface area contributed by atoms with Crippen molar-refractivity contribution in [1.29, 1.82) is 0 Å². The van der Waals surface area contributed by atoms with Crippen molar-refractivity contribution < 1.29 is 24.1 Å². The highest BCUT2D eigenvalue weighted by Crippen LogP contribution is 2.66. The third-order valence-electron chi connectivity index (χ3n) is 7.17. The van der Waals surface area contributed by atoms with Crippen molar-refractivity contribution >= 4 is 17.2 Å². The Labute approximate surface area is 183 Å². The molecule has 1 spiro atoms. The smallest absolute Gasteiger partial charge is 0.276 e. The van der Waals surface area contributed by atoms with Crippen LogP contribution in [0, 0.1) is 31.6 Å². The summed E-state index contributed by atoms with van der Waals surface area (Å²) in [5.74, 6) is 0.292. The van der Waals surface area contributed by atoms with Gasteiger partial charge in [0, 0.05) is 23.3 Å². The number of carbonyl (C=O) groups excluding carboxylic acids is 1. The van der Waals surface area contributed by atoms with Gasteiger partial charge in [-0.2, -0.15) is 0 Å². The van der Waals surface area contributed by atoms with Crippen LogP contribution in [0.5, 0.6) is 5.75 Å². The first-order valence-corrected chi connectivity index (χ1v) is 10.4. The minimum absolute atomic E-state index is 0.110. The number of hydrogen-bond donors (Lipinski definition) is 0. The number of fused-ring (bicyclic) bond motifs is 3. The molecule has 2 heterocycles. The topological polar surface area (TPSA) is 122 Å². The van der Waals surface area contributed by atoms with Crippen LogP contribution in [0.1, 0.15) is 54.6 Å². The maximum Gasteiger partial charge on any atom is 0.276 e. The molecule has 5 rings (SSSR count). The van der Waals surface area contributed by atoms with E-state index in [9.17, 15) is 25.0 Å². The molecule has 0 amide bonds. The molecular formula is C23H22N2O7. The van der Waals surface area contributed by atoms with Gasteiger partial charge in [-0.25, -0.2) is 0 Å². The molecule has 3 aliphatic rings. The van der Waals surface area contributed by atoms with Crippen molar-refractivity contribution in [3.8, 4) is 5.75 Å². The molecule has 0 N–H and O–H groups in total. The summed E-state index contributed by atoms with van der Waals surface area (Å²) in [5.41, 5.74) is -1.80. The summed E-state index contributed by atoms with van der Waals surface area (Å²) in [7, 11) is 1.51. The average Bonchev–Trinajstić information content (AvgIpc) is 3.16. The molecule has 32 heavy (non-hydrogen) atoms. The predicted octanol–water partition coefficient (Wildman–Crippen LogP) is 4.55. The Morgan fingerprint density at radius 3 is 2.28 bits per heavy atom. The molecule has 2 bridgehead atoms. The Morgan fingerprint density at radius 1 is 1.03 bits per heavy atom. The predicted molar refractivity (Wildman–Crippen MR) is 113 cm³/mol. The lowest BCUT2D eigenvalue weighted by atomic mass is 9.77. The van der Waals surface area contributed by atoms with Gasteiger partial charge in [-0.3, -0.25) is 25.0 Å². The van der Waals surface area contributed by atoms with Crippen LogP contribution in [-0.2, 0) is 10.3 Å². The second kappa shape index (κ2) is 6.35. The van der Waals surface area contributed by atoms with Crippen LogP contribution < -0.4 is 4.74 Å². The number of rotatable bonds is 4. The summed E-state index contributed by atoms with van der Waals surface area (Å²) < 4.78 is 12.0. The van der Waals surface area contributed by atoms with E-state index in [2.05, 4.69) is 13.8 Å². The van der Waals surface area contributed by atoms with Gasteiger partial charge in [0.25, 0.3) is 11.4 Å². The van der Waals surface area contributed by atoms with Crippen molar-refractivity contribution in [2.75, 3.05) is 7.11 Å². The molecule has 2 aromatic carbocycles. The molecule has 1 saturated carbocycles. The number of nitro groups is 2. The Morgan fingerprint density at radius 2 is 1.69 bits per heavy atom. The van der Waals surface area contributed by atoms with Crippen molar-refractivity contribution in [3.63, 3.8) is 0 Å². The number of methoxy groups -OCH3 is 1. The first kappa shape index (κ1) is 20.6. The Kier molecular flexibility index (Phi) is 4.08. The van der Waals surface area contributed by atoms with Gasteiger partial charge >= 0.3 is 0 Å². The SMILES string of the molecule is COc1ccc2c(c1)C(=O)[C@@]13CC(C)(C)C[C@@H]1C[C@]2(c1cc([N+](=O)[O-])cc([N+](=O)[O-])c1)O3. The Balaban J connectivity index is 1.80. The summed E-state index contributed by atoms with van der Waals surface area (Å²) in [6.45, 7) is 4.19. The van der Waals surface area contributed by atoms with E-state index in [0.717, 1.165) is 12.5 Å². The molecule has 1 aliphatic carbocycles. The van der Waals surface area contributed by atoms with E-state index >= 15 is 0 Å². The number of nitro benzene ring substituents is 2. The van der Waals surface area contributed by atoms with Crippen molar-refractivity contribution in [3.05, 3.63) is 73.3 Å². The van der Waals surface area contributed by atoms with E-state index in [1.807, 2.05) is 0 Å². The zero-order valence-corrected chi connectivity index (χ0v) is 17.9. The van der Waals surface area contributed by atoms with Gasteiger partial charge < -0.3 is 9.47 Å². The van der Waals surface area contributed by atoms with E-state index in [4.69, 9.17) is 9.47 Å². The molecule has 0 radical (unpaired) electrons. The number of ether oxygens (including phenoxy) is 2. The molecule has 166 valence electrons. The monoisotopic (exact) mass is 438 g/mol. The van der Waals surface area contributed by atoms with Gasteiger partial charge in [0.15, 0.2) is 5.78 Å². The minimum Gasteiger partial charge on any atom is -0.497 e. The third kappa shape index (κ3) is 2.63. The molecule has 0 unspecified atom stereocenters. The summed E-state index contributed by atoms with van der Waals surface area (Å²) in [6.07, 6.45) is 1.68. The number of benzene rings is 2. The highest BCUT2D eigenvalue weighted by atomic mass is 16.6. The lowest BCUT2D eigenvalue weighted by molar-refractivity contribution is -0.394. The molecule has 1 saturated heterocycles. The zero-order chi connectivity index (χ0) is 23.1. The fourth-order valence-corrected chi connectivity index (χ4v) is 6.08. The number of hydrogen-bond acceptors (Lipinski definition) is 7. The molecule has 9 heteroatoms. The number of Topliss-reactive ketones (excluding diaryl/α,β-unsaturated/α-hetero) is 1. The van der Waals surface area contributed by atoms with Crippen molar-refractivity contribution in [1.82, 2.24) is 0 Å². The molecule has 2 aliphatic heterocycles. The average molecular weight is 438 g/mol. The minimum atomic E-state index is -1.19. The highest BCUT2D eigenvalue weighted by molar-refractivity contribution is 6.06. The van der Waals surface area contributed by atoms with Crippen LogP contribution in [0.4, 0.5) is 11.4 Å². The fraction of sp³-hybridized carbons (Fsp3) is 0.435. The van der Waals surface area contributed by atoms with Gasteiger partial charge in [-0.05, 0) is 48.3 Å². The van der Waals surface area contributed by atoms with E-state index in [0.29, 0.717) is 35.3 Å². The summed E-state index contributed by atoms with van der Waals surface area (Å²) in [5, 5.41) is 23.1.